The fraction of sp³-hybridized carbons (Fsp3) is 0.526. The number of H-pyrrole nitrogens is 1. The molecule has 23 heteroatoms. The van der Waals surface area contributed by atoms with Crippen molar-refractivity contribution in [3.63, 3.8) is 0 Å². The van der Waals surface area contributed by atoms with Gasteiger partial charge in [-0.25, -0.2) is 37.7 Å². The Labute approximate surface area is 238 Å². The summed E-state index contributed by atoms with van der Waals surface area (Å²) in [7, 11) is -4.18. The molecule has 4 N–H and O–H groups in total. The number of nitrogens with two attached hydrogens (primary N) is 1. The number of halogens is 2. The highest BCUT2D eigenvalue weighted by Gasteiger charge is 2.51. The third-order valence-electron chi connectivity index (χ3n) is 6.28. The van der Waals surface area contributed by atoms with E-state index in [2.05, 4.69) is 27.2 Å². The van der Waals surface area contributed by atoms with Gasteiger partial charge in [-0.1, -0.05) is 12.2 Å². The minimum Gasteiger partial charge on any atom is -0.382 e. The van der Waals surface area contributed by atoms with Crippen molar-refractivity contribution >= 4 is 43.9 Å². The predicted molar refractivity (Wildman–Crippen MR) is 139 cm³/mol. The number of fused-ring (bicyclic) bond motifs is 2. The van der Waals surface area contributed by atoms with Crippen LogP contribution in [0.3, 0.4) is 0 Å². The third-order valence-corrected chi connectivity index (χ3v) is 8.86. The molecule has 0 saturated carbocycles. The van der Waals surface area contributed by atoms with E-state index in [1.807, 2.05) is 4.98 Å². The first-order chi connectivity index (χ1) is 19.8. The van der Waals surface area contributed by atoms with Crippen LogP contribution in [0.1, 0.15) is 12.5 Å². The number of phosphoric acid groups is 1. The lowest BCUT2D eigenvalue weighted by Gasteiger charge is -2.29. The van der Waals surface area contributed by atoms with Crippen molar-refractivity contribution in [2.75, 3.05) is 26.1 Å². The van der Waals surface area contributed by atoms with E-state index in [-0.39, 0.29) is 17.0 Å². The van der Waals surface area contributed by atoms with E-state index in [0.29, 0.717) is 4.57 Å². The first-order valence-corrected chi connectivity index (χ1v) is 16.0. The van der Waals surface area contributed by atoms with E-state index in [1.54, 1.807) is 0 Å². The summed E-state index contributed by atoms with van der Waals surface area (Å²) >= 11 is 3.84. The summed E-state index contributed by atoms with van der Waals surface area (Å²) in [5.41, 5.74) is 3.89. The van der Waals surface area contributed by atoms with Gasteiger partial charge in [-0.2, -0.15) is 0 Å². The highest BCUT2D eigenvalue weighted by atomic mass is 32.7. The van der Waals surface area contributed by atoms with E-state index in [1.165, 1.54) is 0 Å². The molecule has 2 aliphatic heterocycles. The van der Waals surface area contributed by atoms with Crippen LogP contribution in [0, 0.1) is 0 Å². The van der Waals surface area contributed by atoms with Gasteiger partial charge < -0.3 is 20.1 Å². The zero-order valence-electron chi connectivity index (χ0n) is 21.2. The van der Waals surface area contributed by atoms with E-state index >= 15 is 8.78 Å². The molecule has 0 spiro atoms. The van der Waals surface area contributed by atoms with E-state index in [9.17, 15) is 23.6 Å². The Balaban J connectivity index is 1.51. The second-order valence-electron chi connectivity index (χ2n) is 8.92. The van der Waals surface area contributed by atoms with Gasteiger partial charge in [0, 0.05) is 19.4 Å². The van der Waals surface area contributed by atoms with Crippen molar-refractivity contribution in [3.8, 4) is 0 Å². The number of nitrogens with one attached hydrogen (secondary N) is 1. The maximum absolute atomic E-state index is 15.9. The minimum absolute atomic E-state index is 0.0168. The van der Waals surface area contributed by atoms with Crippen LogP contribution in [0.5, 0.6) is 0 Å². The maximum atomic E-state index is 15.9. The van der Waals surface area contributed by atoms with Gasteiger partial charge in [-0.3, -0.25) is 37.0 Å². The molecule has 0 aliphatic carbocycles. The van der Waals surface area contributed by atoms with Gasteiger partial charge in [0.15, 0.2) is 36.3 Å². The number of thiol groups is 1. The maximum Gasteiger partial charge on any atom is 0.474 e. The molecule has 0 radical (unpaired) electrons. The van der Waals surface area contributed by atoms with Crippen molar-refractivity contribution in [2.24, 2.45) is 0 Å². The second kappa shape index (κ2) is 11.8. The Morgan fingerprint density at radius 3 is 2.60 bits per heavy atom. The molecular formula is C19H23F2N7O11P2S. The summed E-state index contributed by atoms with van der Waals surface area (Å²) < 4.78 is 90.6. The van der Waals surface area contributed by atoms with Crippen LogP contribution in [0.15, 0.2) is 34.5 Å². The molecule has 3 aromatic heterocycles. The molecule has 2 aliphatic rings. The number of alkyl halides is 2. The second-order valence-corrected chi connectivity index (χ2v) is 13.2. The van der Waals surface area contributed by atoms with Crippen LogP contribution in [0.2, 0.25) is 0 Å². The number of aromatic amines is 1. The molecule has 2 saturated heterocycles. The van der Waals surface area contributed by atoms with Gasteiger partial charge in [-0.15, -0.1) is 0 Å². The molecule has 3 aromatic rings. The number of aromatic nitrogens is 6. The molecule has 0 aromatic carbocycles. The van der Waals surface area contributed by atoms with Crippen LogP contribution in [-0.2, 0) is 36.7 Å². The van der Waals surface area contributed by atoms with Gasteiger partial charge in [0.25, 0.3) is 5.56 Å². The van der Waals surface area contributed by atoms with Crippen molar-refractivity contribution in [1.29, 1.82) is 0 Å². The summed E-state index contributed by atoms with van der Waals surface area (Å²) in [5, 5.41) is 0. The highest BCUT2D eigenvalue weighted by Crippen LogP contribution is 2.57. The van der Waals surface area contributed by atoms with Crippen molar-refractivity contribution in [2.45, 2.75) is 43.1 Å². The molecule has 0 amide bonds. The molecule has 42 heavy (non-hydrogen) atoms. The largest absolute Gasteiger partial charge is 0.474 e. The molecule has 5 heterocycles. The molecule has 2 unspecified atom stereocenters. The first-order valence-electron chi connectivity index (χ1n) is 11.8. The van der Waals surface area contributed by atoms with Gasteiger partial charge in [0.05, 0.1) is 19.5 Å². The van der Waals surface area contributed by atoms with E-state index < -0.39 is 82.2 Å². The van der Waals surface area contributed by atoms with E-state index in [0.717, 1.165) is 36.6 Å². The molecule has 18 nitrogen and oxygen atoms in total. The summed E-state index contributed by atoms with van der Waals surface area (Å²) in [6.45, 7) is -6.33. The summed E-state index contributed by atoms with van der Waals surface area (Å²) in [6, 6.07) is 0.919. The average molecular weight is 657 g/mol. The summed E-state index contributed by atoms with van der Waals surface area (Å²) in [5.74, 6) is -0.0802. The first kappa shape index (κ1) is 30.9. The number of hydrogen-bond acceptors (Lipinski definition) is 14. The number of hydrogen-bond donors (Lipinski definition) is 4. The fourth-order valence-corrected chi connectivity index (χ4v) is 6.65. The van der Waals surface area contributed by atoms with Crippen LogP contribution in [0.25, 0.3) is 11.2 Å². The number of anilines is 1. The fourth-order valence-electron chi connectivity index (χ4n) is 4.28. The lowest BCUT2D eigenvalue weighted by molar-refractivity contribution is -0.0786. The number of rotatable bonds is 3. The zero-order chi connectivity index (χ0) is 30.4. The quantitative estimate of drug-likeness (QED) is 0.223. The van der Waals surface area contributed by atoms with Crippen LogP contribution < -0.4 is 17.0 Å². The highest BCUT2D eigenvalue weighted by molar-refractivity contribution is 8.44. The van der Waals surface area contributed by atoms with Gasteiger partial charge in [0.1, 0.15) is 30.2 Å². The summed E-state index contributed by atoms with van der Waals surface area (Å²) in [4.78, 5) is 47.9. The Hall–Kier alpha value is -2.58. The Morgan fingerprint density at radius 2 is 1.88 bits per heavy atom. The molecule has 0 bridgehead atoms. The standard InChI is InChI=1S/C19H23F2N7O11P2S/c1-34-8-4-36-41(33,42)38-14-9(37-17(12(14)21)27-3-2-10(29)26-19(27)30)5-35-40(31,32)39-18(11(8)20)28-7-25-13-15(22)23-6-24-16(13)28/h2-3,6-9,11-12,14,17-18H,4-5H2,1H3,(H,31,32)(H,33,42)(H2,22,23,24)(H,26,29,30)/t8-,9-,11-,12-,14-,17-,18-,41?/m1/s1. The normalized spacial score (nSPS) is 36.5. The third kappa shape index (κ3) is 6.21. The number of ether oxygens (including phenoxy) is 2. The molecule has 2 fully saturated rings. The number of imidazole rings is 1. The van der Waals surface area contributed by atoms with Crippen LogP contribution in [-0.4, -0.2) is 84.9 Å². The zero-order valence-corrected chi connectivity index (χ0v) is 23.9. The number of phosphoric ester groups is 1. The van der Waals surface area contributed by atoms with Crippen molar-refractivity contribution in [3.05, 3.63) is 45.8 Å². The monoisotopic (exact) mass is 657 g/mol. The Kier molecular flexibility index (Phi) is 8.70. The lowest BCUT2D eigenvalue weighted by atomic mass is 10.1. The van der Waals surface area contributed by atoms with Gasteiger partial charge in [-0.05, 0) is 0 Å². The SMILES string of the molecule is CO[C@@H]1COP(=O)(S)O[C@H]2[C@@H](F)[C@H](n3ccc(=O)[nH]c3=O)O[C@@H]2COP(=O)(O)O[C@@H](n2cnc3c(N)ncnc32)[C@@H]1F. The molecule has 9 atom stereocenters. The Morgan fingerprint density at radius 1 is 1.12 bits per heavy atom. The smallest absolute Gasteiger partial charge is 0.382 e. The van der Waals surface area contributed by atoms with Gasteiger partial charge >= 0.3 is 20.3 Å². The van der Waals surface area contributed by atoms with Gasteiger partial charge in [0.2, 0.25) is 0 Å². The molecular weight excluding hydrogens is 634 g/mol. The summed E-state index contributed by atoms with van der Waals surface area (Å²) in [6.07, 6.45) is -10.6. The van der Waals surface area contributed by atoms with Crippen molar-refractivity contribution in [1.82, 2.24) is 29.1 Å². The lowest BCUT2D eigenvalue weighted by Crippen LogP contribution is -2.37. The van der Waals surface area contributed by atoms with Crippen molar-refractivity contribution < 1.29 is 50.4 Å². The Bertz CT molecular complexity index is 1680. The predicted octanol–water partition coefficient (Wildman–Crippen LogP) is 0.633. The minimum atomic E-state index is -5.24. The van der Waals surface area contributed by atoms with Crippen LogP contribution in [0.4, 0.5) is 14.6 Å². The topological polar surface area (TPSA) is 234 Å². The molecule has 230 valence electrons. The molecule has 5 rings (SSSR count). The van der Waals surface area contributed by atoms with Crippen LogP contribution >= 0.6 is 26.9 Å². The van der Waals surface area contributed by atoms with E-state index in [4.69, 9.17) is 33.3 Å². The number of nitrogens with zero attached hydrogens (tertiary/aromatic N) is 5. The number of nitrogen functional groups attached to an aromatic ring is 1. The number of methoxy groups -OCH3 is 1. The average Bonchev–Trinajstić information content (AvgIpc) is 3.48.